The van der Waals surface area contributed by atoms with Crippen molar-refractivity contribution in [3.05, 3.63) is 23.8 Å². The van der Waals surface area contributed by atoms with Crippen molar-refractivity contribution in [3.8, 4) is 0 Å². The molecule has 2 atom stereocenters. The molecule has 0 amide bonds. The number of epoxide rings is 1. The van der Waals surface area contributed by atoms with Gasteiger partial charge in [0.15, 0.2) is 0 Å². The predicted octanol–water partition coefficient (Wildman–Crippen LogP) is 3.22. The van der Waals surface area contributed by atoms with E-state index in [0.717, 1.165) is 31.3 Å². The lowest BCUT2D eigenvalue weighted by Crippen LogP contribution is -2.09. The molecular formula is C15H24O2. The predicted molar refractivity (Wildman–Crippen MR) is 69.8 cm³/mol. The van der Waals surface area contributed by atoms with Crippen LogP contribution >= 0.6 is 0 Å². The number of allylic oxidation sites excluding steroid dienone is 2. The largest absolute Gasteiger partial charge is 0.392 e. The Bertz CT molecular complexity index is 341. The van der Waals surface area contributed by atoms with Gasteiger partial charge < -0.3 is 9.84 Å². The number of rotatable bonds is 1. The summed E-state index contributed by atoms with van der Waals surface area (Å²) in [6.45, 7) is 6.85. The van der Waals surface area contributed by atoms with E-state index in [1.165, 1.54) is 0 Å². The van der Waals surface area contributed by atoms with Crippen LogP contribution in [0.4, 0.5) is 0 Å². The standard InChI is InChI=1S/C15H24O2/c1-14(2)8-4-9-15(3)13(17-15)6-5-12(11-16)7-10-14/h4,7-8,13,16H,5-6,9-11H2,1-3H3/b8-4-,12-7+. The minimum atomic E-state index is 0.0531. The minimum absolute atomic E-state index is 0.0531. The van der Waals surface area contributed by atoms with E-state index in [2.05, 4.69) is 39.0 Å². The highest BCUT2D eigenvalue weighted by Gasteiger charge is 2.50. The van der Waals surface area contributed by atoms with Crippen molar-refractivity contribution in [3.63, 3.8) is 0 Å². The Hall–Kier alpha value is -0.600. The molecule has 2 heteroatoms. The number of fused-ring (bicyclic) bond motifs is 1. The van der Waals surface area contributed by atoms with Crippen LogP contribution in [-0.2, 0) is 4.74 Å². The van der Waals surface area contributed by atoms with Crippen LogP contribution in [0.3, 0.4) is 0 Å². The molecule has 0 saturated carbocycles. The summed E-state index contributed by atoms with van der Waals surface area (Å²) >= 11 is 0. The zero-order valence-corrected chi connectivity index (χ0v) is 11.2. The molecule has 0 spiro atoms. The van der Waals surface area contributed by atoms with Gasteiger partial charge in [0.1, 0.15) is 0 Å². The van der Waals surface area contributed by atoms with Crippen molar-refractivity contribution in [2.75, 3.05) is 6.61 Å². The fourth-order valence-electron chi connectivity index (χ4n) is 2.48. The molecule has 1 aliphatic carbocycles. The average molecular weight is 236 g/mol. The van der Waals surface area contributed by atoms with E-state index < -0.39 is 0 Å². The van der Waals surface area contributed by atoms with Gasteiger partial charge in [0.25, 0.3) is 0 Å². The Morgan fingerprint density at radius 2 is 2.12 bits per heavy atom. The molecule has 2 nitrogen and oxygen atoms in total. The summed E-state index contributed by atoms with van der Waals surface area (Å²) in [5, 5.41) is 9.35. The van der Waals surface area contributed by atoms with E-state index in [1.807, 2.05) is 0 Å². The van der Waals surface area contributed by atoms with E-state index in [1.54, 1.807) is 0 Å². The van der Waals surface area contributed by atoms with Gasteiger partial charge in [-0.1, -0.05) is 32.1 Å². The molecule has 1 fully saturated rings. The second kappa shape index (κ2) is 4.58. The summed E-state index contributed by atoms with van der Waals surface area (Å²) in [5.41, 5.74) is 1.38. The lowest BCUT2D eigenvalue weighted by molar-refractivity contribution is 0.301. The van der Waals surface area contributed by atoms with Gasteiger partial charge in [-0.25, -0.2) is 0 Å². The third-order valence-corrected chi connectivity index (χ3v) is 3.98. The molecule has 96 valence electrons. The number of hydrogen-bond donors (Lipinski definition) is 1. The molecule has 0 aromatic heterocycles. The molecule has 0 aromatic rings. The molecule has 1 N–H and O–H groups in total. The first-order valence-corrected chi connectivity index (χ1v) is 6.59. The Kier molecular flexibility index (Phi) is 3.46. The van der Waals surface area contributed by atoms with Crippen molar-refractivity contribution in [1.29, 1.82) is 0 Å². The summed E-state index contributed by atoms with van der Waals surface area (Å²) in [5.74, 6) is 0. The van der Waals surface area contributed by atoms with E-state index in [4.69, 9.17) is 4.74 Å². The number of ether oxygens (including phenoxy) is 1. The van der Waals surface area contributed by atoms with Gasteiger partial charge in [0.2, 0.25) is 0 Å². The average Bonchev–Trinajstić information content (AvgIpc) is 2.88. The van der Waals surface area contributed by atoms with E-state index in [9.17, 15) is 5.11 Å². The molecule has 1 heterocycles. The summed E-state index contributed by atoms with van der Waals surface area (Å²) in [4.78, 5) is 0. The lowest BCUT2D eigenvalue weighted by Gasteiger charge is -2.18. The van der Waals surface area contributed by atoms with Crippen molar-refractivity contribution in [2.45, 2.75) is 58.2 Å². The third kappa shape index (κ3) is 3.20. The minimum Gasteiger partial charge on any atom is -0.392 e. The van der Waals surface area contributed by atoms with Crippen LogP contribution in [-0.4, -0.2) is 23.4 Å². The molecule has 0 radical (unpaired) electrons. The quantitative estimate of drug-likeness (QED) is 0.560. The van der Waals surface area contributed by atoms with Crippen molar-refractivity contribution in [1.82, 2.24) is 0 Å². The second-order valence-electron chi connectivity index (χ2n) is 6.28. The maximum absolute atomic E-state index is 9.35. The number of aliphatic hydroxyl groups is 1. The molecule has 0 bridgehead atoms. The van der Waals surface area contributed by atoms with Crippen LogP contribution in [0.2, 0.25) is 0 Å². The zero-order valence-electron chi connectivity index (χ0n) is 11.2. The van der Waals surface area contributed by atoms with Crippen LogP contribution in [0, 0.1) is 5.41 Å². The third-order valence-electron chi connectivity index (χ3n) is 3.98. The van der Waals surface area contributed by atoms with Gasteiger partial charge >= 0.3 is 0 Å². The molecule has 2 aliphatic rings. The lowest BCUT2D eigenvalue weighted by atomic mass is 9.87. The van der Waals surface area contributed by atoms with Crippen molar-refractivity contribution in [2.24, 2.45) is 5.41 Å². The normalized spacial score (nSPS) is 41.6. The number of hydrogen-bond acceptors (Lipinski definition) is 2. The fourth-order valence-corrected chi connectivity index (χ4v) is 2.48. The first-order valence-electron chi connectivity index (χ1n) is 6.59. The van der Waals surface area contributed by atoms with Gasteiger partial charge in [0, 0.05) is 0 Å². The first-order chi connectivity index (χ1) is 7.95. The summed E-state index contributed by atoms with van der Waals surface area (Å²) in [7, 11) is 0. The summed E-state index contributed by atoms with van der Waals surface area (Å²) in [6, 6.07) is 0. The van der Waals surface area contributed by atoms with E-state index in [0.29, 0.717) is 6.10 Å². The molecule has 2 unspecified atom stereocenters. The monoisotopic (exact) mass is 236 g/mol. The Morgan fingerprint density at radius 1 is 1.35 bits per heavy atom. The Balaban J connectivity index is 2.12. The SMILES string of the molecule is CC1(C)/C=C\CC2(C)OC2CC/C(CO)=C\C1. The van der Waals surface area contributed by atoms with Crippen LogP contribution < -0.4 is 0 Å². The molecule has 17 heavy (non-hydrogen) atoms. The first kappa shape index (κ1) is 12.8. The summed E-state index contributed by atoms with van der Waals surface area (Å²) in [6.07, 6.45) is 11.1. The highest BCUT2D eigenvalue weighted by Crippen LogP contribution is 2.43. The van der Waals surface area contributed by atoms with Crippen molar-refractivity contribution >= 4 is 0 Å². The molecule has 1 saturated heterocycles. The Labute approximate surface area is 104 Å². The second-order valence-corrected chi connectivity index (χ2v) is 6.28. The van der Waals surface area contributed by atoms with E-state index in [-0.39, 0.29) is 17.6 Å². The van der Waals surface area contributed by atoms with Crippen molar-refractivity contribution < 1.29 is 9.84 Å². The summed E-state index contributed by atoms with van der Waals surface area (Å²) < 4.78 is 5.78. The Morgan fingerprint density at radius 3 is 2.82 bits per heavy atom. The highest BCUT2D eigenvalue weighted by atomic mass is 16.6. The highest BCUT2D eigenvalue weighted by molar-refractivity contribution is 5.13. The fraction of sp³-hybridized carbons (Fsp3) is 0.733. The topological polar surface area (TPSA) is 32.8 Å². The number of aliphatic hydroxyl groups excluding tert-OH is 1. The van der Waals surface area contributed by atoms with Gasteiger partial charge in [-0.15, -0.1) is 0 Å². The van der Waals surface area contributed by atoms with E-state index >= 15 is 0 Å². The van der Waals surface area contributed by atoms with Gasteiger partial charge in [-0.05, 0) is 43.6 Å². The van der Waals surface area contributed by atoms with Crippen LogP contribution in [0.1, 0.15) is 46.5 Å². The van der Waals surface area contributed by atoms with Crippen LogP contribution in [0.25, 0.3) is 0 Å². The maximum atomic E-state index is 9.35. The van der Waals surface area contributed by atoms with Crippen LogP contribution in [0.15, 0.2) is 23.8 Å². The zero-order chi connectivity index (χ0) is 12.5. The van der Waals surface area contributed by atoms with Gasteiger partial charge in [-0.2, -0.15) is 0 Å². The smallest absolute Gasteiger partial charge is 0.0954 e. The molecule has 2 rings (SSSR count). The molecule has 0 aromatic carbocycles. The molecular weight excluding hydrogens is 212 g/mol. The van der Waals surface area contributed by atoms with Gasteiger partial charge in [0.05, 0.1) is 18.3 Å². The van der Waals surface area contributed by atoms with Crippen LogP contribution in [0.5, 0.6) is 0 Å². The molecule has 1 aliphatic heterocycles. The van der Waals surface area contributed by atoms with Gasteiger partial charge in [-0.3, -0.25) is 0 Å². The maximum Gasteiger partial charge on any atom is 0.0954 e.